The van der Waals surface area contributed by atoms with E-state index >= 15 is 0 Å². The quantitative estimate of drug-likeness (QED) is 0.868. The van der Waals surface area contributed by atoms with Crippen molar-refractivity contribution < 1.29 is 14.7 Å². The first-order valence-corrected chi connectivity index (χ1v) is 7.64. The van der Waals surface area contributed by atoms with Crippen molar-refractivity contribution in [1.29, 1.82) is 0 Å². The molecule has 1 N–H and O–H groups in total. The normalized spacial score (nSPS) is 21.3. The number of nitrogens with zero attached hydrogens (tertiary/aromatic N) is 1. The second kappa shape index (κ2) is 5.60. The van der Waals surface area contributed by atoms with Gasteiger partial charge in [0.25, 0.3) is 0 Å². The molecule has 1 aromatic carbocycles. The molecule has 1 heterocycles. The topological polar surface area (TPSA) is 57.6 Å². The average molecular weight is 287 g/mol. The Balaban J connectivity index is 1.70. The smallest absolute Gasteiger partial charge is 0.230 e. The maximum atomic E-state index is 12.4. The molecule has 0 bridgehead atoms. The monoisotopic (exact) mass is 287 g/mol. The van der Waals surface area contributed by atoms with Gasteiger partial charge in [0, 0.05) is 12.8 Å². The number of hydrogen-bond donors (Lipinski definition) is 1. The van der Waals surface area contributed by atoms with Crippen LogP contribution in [0.2, 0.25) is 0 Å². The summed E-state index contributed by atoms with van der Waals surface area (Å²) in [5, 5.41) is 9.03. The Bertz CT molecular complexity index is 524. The van der Waals surface area contributed by atoms with E-state index in [0.29, 0.717) is 19.4 Å². The number of piperidine rings is 1. The average Bonchev–Trinajstić information content (AvgIpc) is 2.91. The summed E-state index contributed by atoms with van der Waals surface area (Å²) < 4.78 is 0. The molecular formula is C17H21NO3. The first kappa shape index (κ1) is 14.3. The fraction of sp³-hybridized carbons (Fsp3) is 0.529. The number of amides is 2. The number of likely N-dealkylation sites (tertiary alicyclic amines) is 1. The molecule has 1 aliphatic carbocycles. The highest BCUT2D eigenvalue weighted by atomic mass is 16.3. The molecule has 3 rings (SSSR count). The van der Waals surface area contributed by atoms with Gasteiger partial charge in [0.2, 0.25) is 11.8 Å². The lowest BCUT2D eigenvalue weighted by Gasteiger charge is -2.37. The molecule has 2 aliphatic rings. The standard InChI is InChI=1S/C17H21NO3/c19-12-14-5-3-13(4-6-14)11-18-15(20)9-17(10-16(18)21)7-1-2-8-17/h3-6,19H,1-2,7-12H2. The number of benzene rings is 1. The van der Waals surface area contributed by atoms with Crippen LogP contribution < -0.4 is 0 Å². The molecule has 0 atom stereocenters. The number of rotatable bonds is 3. The Labute approximate surface area is 124 Å². The molecule has 1 spiro atoms. The summed E-state index contributed by atoms with van der Waals surface area (Å²) in [6.07, 6.45) is 5.36. The molecule has 1 aromatic rings. The van der Waals surface area contributed by atoms with Crippen molar-refractivity contribution in [2.75, 3.05) is 0 Å². The highest BCUT2D eigenvalue weighted by Crippen LogP contribution is 2.47. The van der Waals surface area contributed by atoms with Gasteiger partial charge in [-0.1, -0.05) is 37.1 Å². The van der Waals surface area contributed by atoms with E-state index in [2.05, 4.69) is 0 Å². The minimum absolute atomic E-state index is 0.00434. The summed E-state index contributed by atoms with van der Waals surface area (Å²) >= 11 is 0. The molecule has 0 radical (unpaired) electrons. The zero-order valence-electron chi connectivity index (χ0n) is 12.2. The van der Waals surface area contributed by atoms with E-state index in [-0.39, 0.29) is 23.8 Å². The minimum atomic E-state index is -0.0363. The highest BCUT2D eigenvalue weighted by molar-refractivity contribution is 5.98. The van der Waals surface area contributed by atoms with Crippen molar-refractivity contribution >= 4 is 11.8 Å². The summed E-state index contributed by atoms with van der Waals surface area (Å²) in [6.45, 7) is 0.351. The zero-order valence-corrected chi connectivity index (χ0v) is 12.2. The molecule has 1 saturated carbocycles. The Kier molecular flexibility index (Phi) is 3.81. The van der Waals surface area contributed by atoms with Gasteiger partial charge < -0.3 is 5.11 Å². The number of imide groups is 1. The Morgan fingerprint density at radius 3 is 2.00 bits per heavy atom. The van der Waals surface area contributed by atoms with E-state index in [1.54, 1.807) is 0 Å². The van der Waals surface area contributed by atoms with Crippen LogP contribution in [0.25, 0.3) is 0 Å². The number of aliphatic hydroxyl groups excluding tert-OH is 1. The van der Waals surface area contributed by atoms with Crippen molar-refractivity contribution in [3.8, 4) is 0 Å². The van der Waals surface area contributed by atoms with E-state index in [9.17, 15) is 9.59 Å². The van der Waals surface area contributed by atoms with Crippen LogP contribution in [0.15, 0.2) is 24.3 Å². The van der Waals surface area contributed by atoms with E-state index in [1.807, 2.05) is 24.3 Å². The van der Waals surface area contributed by atoms with Crippen LogP contribution in [0.1, 0.15) is 49.7 Å². The number of aliphatic hydroxyl groups is 1. The molecule has 0 aromatic heterocycles. The fourth-order valence-electron chi connectivity index (χ4n) is 3.62. The molecule has 1 aliphatic heterocycles. The predicted octanol–water partition coefficient (Wildman–Crippen LogP) is 2.39. The van der Waals surface area contributed by atoms with Crippen LogP contribution in [0, 0.1) is 5.41 Å². The highest BCUT2D eigenvalue weighted by Gasteiger charge is 2.44. The summed E-state index contributed by atoms with van der Waals surface area (Å²) in [5.41, 5.74) is 1.72. The number of carbonyl (C=O) groups is 2. The van der Waals surface area contributed by atoms with Crippen LogP contribution in [0.3, 0.4) is 0 Å². The molecule has 4 nitrogen and oxygen atoms in total. The third-order valence-corrected chi connectivity index (χ3v) is 4.87. The predicted molar refractivity (Wildman–Crippen MR) is 78.1 cm³/mol. The largest absolute Gasteiger partial charge is 0.392 e. The van der Waals surface area contributed by atoms with Gasteiger partial charge in [-0.2, -0.15) is 0 Å². The summed E-state index contributed by atoms with van der Waals surface area (Å²) in [6, 6.07) is 7.39. The van der Waals surface area contributed by atoms with Gasteiger partial charge in [0.1, 0.15) is 0 Å². The Morgan fingerprint density at radius 1 is 0.952 bits per heavy atom. The van der Waals surface area contributed by atoms with Crippen LogP contribution in [-0.4, -0.2) is 21.8 Å². The third kappa shape index (κ3) is 2.86. The maximum Gasteiger partial charge on any atom is 0.230 e. The lowest BCUT2D eigenvalue weighted by Crippen LogP contribution is -2.46. The van der Waals surface area contributed by atoms with Gasteiger partial charge in [0.05, 0.1) is 13.2 Å². The van der Waals surface area contributed by atoms with E-state index in [0.717, 1.165) is 36.8 Å². The second-order valence-electron chi connectivity index (χ2n) is 6.41. The first-order chi connectivity index (χ1) is 10.1. The Hall–Kier alpha value is -1.68. The Morgan fingerprint density at radius 2 is 1.48 bits per heavy atom. The summed E-state index contributed by atoms with van der Waals surface area (Å²) in [5.74, 6) is -0.0567. The fourth-order valence-corrected chi connectivity index (χ4v) is 3.62. The third-order valence-electron chi connectivity index (χ3n) is 4.87. The van der Waals surface area contributed by atoms with E-state index < -0.39 is 0 Å². The van der Waals surface area contributed by atoms with Crippen molar-refractivity contribution in [1.82, 2.24) is 4.90 Å². The van der Waals surface area contributed by atoms with Gasteiger partial charge >= 0.3 is 0 Å². The van der Waals surface area contributed by atoms with Gasteiger partial charge in [-0.3, -0.25) is 14.5 Å². The maximum absolute atomic E-state index is 12.4. The van der Waals surface area contributed by atoms with Crippen molar-refractivity contribution in [3.05, 3.63) is 35.4 Å². The molecule has 2 amide bonds. The second-order valence-corrected chi connectivity index (χ2v) is 6.41. The van der Waals surface area contributed by atoms with E-state index in [4.69, 9.17) is 5.11 Å². The molecular weight excluding hydrogens is 266 g/mol. The van der Waals surface area contributed by atoms with Crippen molar-refractivity contribution in [3.63, 3.8) is 0 Å². The van der Waals surface area contributed by atoms with E-state index in [1.165, 1.54) is 4.90 Å². The van der Waals surface area contributed by atoms with Gasteiger partial charge in [-0.25, -0.2) is 0 Å². The van der Waals surface area contributed by atoms with Crippen LogP contribution in [0.5, 0.6) is 0 Å². The number of carbonyl (C=O) groups excluding carboxylic acids is 2. The first-order valence-electron chi connectivity index (χ1n) is 7.64. The molecule has 21 heavy (non-hydrogen) atoms. The minimum Gasteiger partial charge on any atom is -0.392 e. The summed E-state index contributed by atoms with van der Waals surface area (Å²) in [7, 11) is 0. The van der Waals surface area contributed by atoms with Gasteiger partial charge in [0.15, 0.2) is 0 Å². The number of hydrogen-bond acceptors (Lipinski definition) is 3. The van der Waals surface area contributed by atoms with Crippen LogP contribution >= 0.6 is 0 Å². The molecule has 0 unspecified atom stereocenters. The van der Waals surface area contributed by atoms with Gasteiger partial charge in [-0.15, -0.1) is 0 Å². The molecule has 2 fully saturated rings. The SMILES string of the molecule is O=C1CC2(CCCC2)CC(=O)N1Cc1ccc(CO)cc1. The lowest BCUT2D eigenvalue weighted by atomic mass is 9.76. The van der Waals surface area contributed by atoms with Gasteiger partial charge in [-0.05, 0) is 29.4 Å². The van der Waals surface area contributed by atoms with Crippen molar-refractivity contribution in [2.45, 2.75) is 51.7 Å². The molecule has 1 saturated heterocycles. The lowest BCUT2D eigenvalue weighted by molar-refractivity contribution is -0.154. The zero-order chi connectivity index (χ0) is 14.9. The van der Waals surface area contributed by atoms with Crippen molar-refractivity contribution in [2.24, 2.45) is 5.41 Å². The van der Waals surface area contributed by atoms with Crippen LogP contribution in [0.4, 0.5) is 0 Å². The molecule has 112 valence electrons. The molecule has 4 heteroatoms. The van der Waals surface area contributed by atoms with Crippen LogP contribution in [-0.2, 0) is 22.7 Å². The summed E-state index contributed by atoms with van der Waals surface area (Å²) in [4.78, 5) is 26.1.